The van der Waals surface area contributed by atoms with Crippen molar-refractivity contribution in [3.8, 4) is 0 Å². The molecule has 2 N–H and O–H groups in total. The molecule has 0 aliphatic rings. The molecule has 1 aromatic rings. The average molecular weight is 212 g/mol. The van der Waals surface area contributed by atoms with E-state index in [1.54, 1.807) is 0 Å². The summed E-state index contributed by atoms with van der Waals surface area (Å²) in [7, 11) is 0. The molecule has 0 radical (unpaired) electrons. The van der Waals surface area contributed by atoms with E-state index in [9.17, 15) is 0 Å². The Bertz CT molecular complexity index is 241. The Labute approximate surface area is 75.0 Å². The van der Waals surface area contributed by atoms with Gasteiger partial charge in [0.2, 0.25) is 0 Å². The minimum absolute atomic E-state index is 0.565. The van der Waals surface area contributed by atoms with Crippen LogP contribution in [-0.4, -0.2) is 6.54 Å². The summed E-state index contributed by atoms with van der Waals surface area (Å²) in [6, 6.07) is 10.1. The topological polar surface area (TPSA) is 26.0 Å². The van der Waals surface area contributed by atoms with Gasteiger partial charge in [0.25, 0.3) is 0 Å². The van der Waals surface area contributed by atoms with Crippen molar-refractivity contribution in [2.45, 2.75) is 0 Å². The monoisotopic (exact) mass is 211 g/mol. The van der Waals surface area contributed by atoms with Gasteiger partial charge in [0.15, 0.2) is 0 Å². The van der Waals surface area contributed by atoms with Gasteiger partial charge in [-0.1, -0.05) is 46.3 Å². The highest BCUT2D eigenvalue weighted by Gasteiger charge is 1.94. The second-order valence-corrected chi connectivity index (χ2v) is 2.66. The summed E-state index contributed by atoms with van der Waals surface area (Å²) in [6.45, 7) is 0.565. The molecule has 0 bridgehead atoms. The van der Waals surface area contributed by atoms with Gasteiger partial charge in [-0.15, -0.1) is 0 Å². The Hall–Kier alpha value is -0.600. The summed E-state index contributed by atoms with van der Waals surface area (Å²) in [5.41, 5.74) is 7.81. The van der Waals surface area contributed by atoms with Crippen LogP contribution in [-0.2, 0) is 0 Å². The van der Waals surface area contributed by atoms with E-state index < -0.39 is 0 Å². The minimum Gasteiger partial charge on any atom is -0.326 e. The first kappa shape index (κ1) is 8.50. The van der Waals surface area contributed by atoms with E-state index in [0.717, 1.165) is 5.57 Å². The van der Waals surface area contributed by atoms with Crippen molar-refractivity contribution in [2.24, 2.45) is 5.73 Å². The minimum atomic E-state index is 0.565. The van der Waals surface area contributed by atoms with Gasteiger partial charge < -0.3 is 5.73 Å². The van der Waals surface area contributed by atoms with Crippen LogP contribution in [0.25, 0.3) is 5.57 Å². The fraction of sp³-hybridized carbons (Fsp3) is 0.111. The molecule has 0 aromatic heterocycles. The van der Waals surface area contributed by atoms with Crippen LogP contribution in [0.3, 0.4) is 0 Å². The largest absolute Gasteiger partial charge is 0.326 e. The SMILES string of the molecule is NCC(=CBr)c1ccccc1. The van der Waals surface area contributed by atoms with E-state index in [0.29, 0.717) is 6.54 Å². The lowest BCUT2D eigenvalue weighted by molar-refractivity contribution is 1.27. The lowest BCUT2D eigenvalue weighted by Crippen LogP contribution is -2.01. The first-order valence-corrected chi connectivity index (χ1v) is 4.35. The fourth-order valence-electron chi connectivity index (χ4n) is 0.878. The Balaban J connectivity index is 2.92. The van der Waals surface area contributed by atoms with E-state index in [1.165, 1.54) is 5.56 Å². The molecule has 0 fully saturated rings. The molecule has 0 amide bonds. The highest BCUT2D eigenvalue weighted by atomic mass is 79.9. The molecule has 0 atom stereocenters. The zero-order valence-corrected chi connectivity index (χ0v) is 7.71. The van der Waals surface area contributed by atoms with Crippen LogP contribution in [0.1, 0.15) is 5.56 Å². The van der Waals surface area contributed by atoms with E-state index in [4.69, 9.17) is 5.73 Å². The van der Waals surface area contributed by atoms with Crippen molar-refractivity contribution in [1.82, 2.24) is 0 Å². The maximum atomic E-state index is 5.52. The molecule has 0 saturated carbocycles. The van der Waals surface area contributed by atoms with Crippen LogP contribution in [0, 0.1) is 0 Å². The highest BCUT2D eigenvalue weighted by molar-refractivity contribution is 9.11. The predicted molar refractivity (Wildman–Crippen MR) is 52.4 cm³/mol. The molecular weight excluding hydrogens is 202 g/mol. The first-order valence-electron chi connectivity index (χ1n) is 3.43. The number of nitrogens with two attached hydrogens (primary N) is 1. The maximum Gasteiger partial charge on any atom is 0.0189 e. The summed E-state index contributed by atoms with van der Waals surface area (Å²) in [5.74, 6) is 0. The summed E-state index contributed by atoms with van der Waals surface area (Å²) in [6.07, 6.45) is 0. The normalized spacial score (nSPS) is 11.6. The lowest BCUT2D eigenvalue weighted by atomic mass is 10.1. The van der Waals surface area contributed by atoms with Crippen molar-refractivity contribution >= 4 is 21.5 Å². The van der Waals surface area contributed by atoms with Gasteiger partial charge in [0.1, 0.15) is 0 Å². The van der Waals surface area contributed by atoms with Crippen molar-refractivity contribution < 1.29 is 0 Å². The molecule has 58 valence electrons. The molecular formula is C9H10BrN. The lowest BCUT2D eigenvalue weighted by Gasteiger charge is -2.01. The van der Waals surface area contributed by atoms with Crippen LogP contribution in [0.5, 0.6) is 0 Å². The maximum absolute atomic E-state index is 5.52. The summed E-state index contributed by atoms with van der Waals surface area (Å²) >= 11 is 3.27. The van der Waals surface area contributed by atoms with Crippen molar-refractivity contribution in [3.05, 3.63) is 40.9 Å². The van der Waals surface area contributed by atoms with E-state index in [-0.39, 0.29) is 0 Å². The third-order valence-corrected chi connectivity index (χ3v) is 2.05. The van der Waals surface area contributed by atoms with Crippen molar-refractivity contribution in [1.29, 1.82) is 0 Å². The molecule has 0 unspecified atom stereocenters. The Morgan fingerprint density at radius 2 is 2.00 bits per heavy atom. The summed E-state index contributed by atoms with van der Waals surface area (Å²) in [4.78, 5) is 1.86. The molecule has 0 heterocycles. The second kappa shape index (κ2) is 4.31. The van der Waals surface area contributed by atoms with Crippen LogP contribution in [0.4, 0.5) is 0 Å². The zero-order chi connectivity index (χ0) is 8.10. The van der Waals surface area contributed by atoms with Crippen molar-refractivity contribution in [2.75, 3.05) is 6.54 Å². The van der Waals surface area contributed by atoms with Crippen LogP contribution in [0.2, 0.25) is 0 Å². The number of hydrogen-bond donors (Lipinski definition) is 1. The standard InChI is InChI=1S/C9H10BrN/c10-6-9(7-11)8-4-2-1-3-5-8/h1-6H,7,11H2. The highest BCUT2D eigenvalue weighted by Crippen LogP contribution is 2.13. The molecule has 0 saturated heterocycles. The molecule has 2 heteroatoms. The molecule has 1 aromatic carbocycles. The van der Waals surface area contributed by atoms with E-state index in [1.807, 2.05) is 35.3 Å². The number of halogens is 1. The van der Waals surface area contributed by atoms with Gasteiger partial charge in [-0.3, -0.25) is 0 Å². The molecule has 0 aliphatic heterocycles. The summed E-state index contributed by atoms with van der Waals surface area (Å²) < 4.78 is 0. The molecule has 0 spiro atoms. The zero-order valence-electron chi connectivity index (χ0n) is 6.13. The van der Waals surface area contributed by atoms with Gasteiger partial charge in [0.05, 0.1) is 0 Å². The first-order chi connectivity index (χ1) is 5.38. The van der Waals surface area contributed by atoms with Crippen LogP contribution >= 0.6 is 15.9 Å². The second-order valence-electron chi connectivity index (χ2n) is 2.20. The van der Waals surface area contributed by atoms with Gasteiger partial charge in [0, 0.05) is 6.54 Å². The Morgan fingerprint density at radius 3 is 2.45 bits per heavy atom. The Morgan fingerprint density at radius 1 is 1.36 bits per heavy atom. The third kappa shape index (κ3) is 2.17. The molecule has 1 rings (SSSR count). The van der Waals surface area contributed by atoms with E-state index >= 15 is 0 Å². The van der Waals surface area contributed by atoms with Crippen LogP contribution < -0.4 is 5.73 Å². The van der Waals surface area contributed by atoms with Crippen LogP contribution in [0.15, 0.2) is 35.3 Å². The Kier molecular flexibility index (Phi) is 3.33. The van der Waals surface area contributed by atoms with Gasteiger partial charge in [-0.05, 0) is 16.1 Å². The van der Waals surface area contributed by atoms with Gasteiger partial charge in [-0.25, -0.2) is 0 Å². The number of hydrogen-bond acceptors (Lipinski definition) is 1. The summed E-state index contributed by atoms with van der Waals surface area (Å²) in [5, 5.41) is 0. The number of rotatable bonds is 2. The number of benzene rings is 1. The molecule has 11 heavy (non-hydrogen) atoms. The molecule has 1 nitrogen and oxygen atoms in total. The quantitative estimate of drug-likeness (QED) is 0.800. The van der Waals surface area contributed by atoms with E-state index in [2.05, 4.69) is 15.9 Å². The van der Waals surface area contributed by atoms with Gasteiger partial charge >= 0.3 is 0 Å². The average Bonchev–Trinajstić information content (AvgIpc) is 2.09. The third-order valence-electron chi connectivity index (χ3n) is 1.50. The predicted octanol–water partition coefficient (Wildman–Crippen LogP) is 2.38. The van der Waals surface area contributed by atoms with Gasteiger partial charge in [-0.2, -0.15) is 0 Å². The molecule has 0 aliphatic carbocycles. The smallest absolute Gasteiger partial charge is 0.0189 e. The van der Waals surface area contributed by atoms with Crippen molar-refractivity contribution in [3.63, 3.8) is 0 Å². The fourth-order valence-corrected chi connectivity index (χ4v) is 1.33.